The molecule has 1 aliphatic rings. The Labute approximate surface area is 108 Å². The molecule has 104 valence electrons. The van der Waals surface area contributed by atoms with Gasteiger partial charge in [0.1, 0.15) is 0 Å². The summed E-state index contributed by atoms with van der Waals surface area (Å²) in [6.45, 7) is 5.15. The monoisotopic (exact) mass is 257 g/mol. The smallest absolute Gasteiger partial charge is 0.308 e. The van der Waals surface area contributed by atoms with Crippen LogP contribution in [0.15, 0.2) is 0 Å². The summed E-state index contributed by atoms with van der Waals surface area (Å²) in [6, 6.07) is 0.270. The minimum Gasteiger partial charge on any atom is -0.481 e. The van der Waals surface area contributed by atoms with Gasteiger partial charge in [0.15, 0.2) is 0 Å². The number of carboxylic acids is 1. The summed E-state index contributed by atoms with van der Waals surface area (Å²) in [4.78, 5) is 24.6. The van der Waals surface area contributed by atoms with Gasteiger partial charge in [-0.3, -0.25) is 9.59 Å². The van der Waals surface area contributed by atoms with Crippen LogP contribution in [0, 0.1) is 5.92 Å². The molecule has 1 rings (SSSR count). The average Bonchev–Trinajstić information content (AvgIpc) is 3.15. The number of ether oxygens (including phenoxy) is 1. The van der Waals surface area contributed by atoms with Crippen molar-refractivity contribution in [2.75, 3.05) is 19.8 Å². The van der Waals surface area contributed by atoms with Crippen LogP contribution in [0.1, 0.15) is 39.5 Å². The van der Waals surface area contributed by atoms with E-state index in [2.05, 4.69) is 0 Å². The SMILES string of the molecule is CCOCCCC(=O)N(CC(C)C(=O)O)C1CC1. The molecule has 0 radical (unpaired) electrons. The van der Waals surface area contributed by atoms with Crippen molar-refractivity contribution in [3.05, 3.63) is 0 Å². The van der Waals surface area contributed by atoms with E-state index in [1.165, 1.54) is 0 Å². The number of hydrogen-bond acceptors (Lipinski definition) is 3. The van der Waals surface area contributed by atoms with Crippen LogP contribution in [0.3, 0.4) is 0 Å². The van der Waals surface area contributed by atoms with Gasteiger partial charge in [0, 0.05) is 32.2 Å². The molecular formula is C13H23NO4. The van der Waals surface area contributed by atoms with Crippen LogP contribution in [0.25, 0.3) is 0 Å². The van der Waals surface area contributed by atoms with Crippen molar-refractivity contribution in [1.82, 2.24) is 4.90 Å². The van der Waals surface area contributed by atoms with Crippen LogP contribution >= 0.6 is 0 Å². The second kappa shape index (κ2) is 7.36. The zero-order chi connectivity index (χ0) is 13.5. The summed E-state index contributed by atoms with van der Waals surface area (Å²) in [5, 5.41) is 8.90. The lowest BCUT2D eigenvalue weighted by molar-refractivity contribution is -0.143. The van der Waals surface area contributed by atoms with Gasteiger partial charge in [-0.25, -0.2) is 0 Å². The molecule has 0 spiro atoms. The molecule has 0 aromatic heterocycles. The summed E-state index contributed by atoms with van der Waals surface area (Å²) >= 11 is 0. The fourth-order valence-corrected chi connectivity index (χ4v) is 1.83. The Hall–Kier alpha value is -1.10. The topological polar surface area (TPSA) is 66.8 Å². The third-order valence-electron chi connectivity index (χ3n) is 3.08. The number of amides is 1. The first-order valence-electron chi connectivity index (χ1n) is 6.66. The van der Waals surface area contributed by atoms with Gasteiger partial charge in [-0.1, -0.05) is 6.92 Å². The van der Waals surface area contributed by atoms with Gasteiger partial charge < -0.3 is 14.7 Å². The average molecular weight is 257 g/mol. The molecule has 0 aromatic carbocycles. The Morgan fingerprint density at radius 1 is 1.44 bits per heavy atom. The quantitative estimate of drug-likeness (QED) is 0.636. The summed E-state index contributed by atoms with van der Waals surface area (Å²) in [5.74, 6) is -1.28. The zero-order valence-corrected chi connectivity index (χ0v) is 11.2. The van der Waals surface area contributed by atoms with E-state index in [0.717, 1.165) is 12.8 Å². The molecule has 1 saturated carbocycles. The van der Waals surface area contributed by atoms with Crippen LogP contribution in [0.2, 0.25) is 0 Å². The molecule has 0 aliphatic heterocycles. The lowest BCUT2D eigenvalue weighted by Gasteiger charge is -2.24. The maximum atomic E-state index is 12.0. The Morgan fingerprint density at radius 2 is 2.11 bits per heavy atom. The Morgan fingerprint density at radius 3 is 2.61 bits per heavy atom. The van der Waals surface area contributed by atoms with Crippen molar-refractivity contribution < 1.29 is 19.4 Å². The Bertz CT molecular complexity index is 289. The Kier molecular flexibility index (Phi) is 6.12. The fraction of sp³-hybridized carbons (Fsp3) is 0.846. The van der Waals surface area contributed by atoms with E-state index < -0.39 is 11.9 Å². The van der Waals surface area contributed by atoms with E-state index in [0.29, 0.717) is 32.6 Å². The van der Waals surface area contributed by atoms with Crippen LogP contribution in [0.4, 0.5) is 0 Å². The highest BCUT2D eigenvalue weighted by molar-refractivity contribution is 5.78. The van der Waals surface area contributed by atoms with Crippen molar-refractivity contribution in [1.29, 1.82) is 0 Å². The fourth-order valence-electron chi connectivity index (χ4n) is 1.83. The summed E-state index contributed by atoms with van der Waals surface area (Å²) in [6.07, 6.45) is 3.16. The molecule has 1 unspecified atom stereocenters. The van der Waals surface area contributed by atoms with Gasteiger partial charge >= 0.3 is 5.97 Å². The van der Waals surface area contributed by atoms with Crippen molar-refractivity contribution in [2.24, 2.45) is 5.92 Å². The minimum atomic E-state index is -0.845. The lowest BCUT2D eigenvalue weighted by Crippen LogP contribution is -2.38. The molecule has 0 aromatic rings. The molecule has 1 N–H and O–H groups in total. The zero-order valence-electron chi connectivity index (χ0n) is 11.2. The van der Waals surface area contributed by atoms with Gasteiger partial charge in [-0.2, -0.15) is 0 Å². The van der Waals surface area contributed by atoms with Crippen LogP contribution in [-0.4, -0.2) is 47.7 Å². The molecule has 18 heavy (non-hydrogen) atoms. The molecule has 1 fully saturated rings. The van der Waals surface area contributed by atoms with Crippen molar-refractivity contribution >= 4 is 11.9 Å². The van der Waals surface area contributed by atoms with Gasteiger partial charge in [-0.15, -0.1) is 0 Å². The predicted molar refractivity (Wildman–Crippen MR) is 67.3 cm³/mol. The third-order valence-corrected chi connectivity index (χ3v) is 3.08. The van der Waals surface area contributed by atoms with Crippen LogP contribution in [0.5, 0.6) is 0 Å². The molecule has 0 heterocycles. The van der Waals surface area contributed by atoms with Crippen molar-refractivity contribution in [2.45, 2.75) is 45.6 Å². The van der Waals surface area contributed by atoms with E-state index >= 15 is 0 Å². The number of aliphatic carboxylic acids is 1. The number of nitrogens with zero attached hydrogens (tertiary/aromatic N) is 1. The Balaban J connectivity index is 2.36. The molecule has 0 saturated heterocycles. The van der Waals surface area contributed by atoms with Gasteiger partial charge in [-0.05, 0) is 26.2 Å². The van der Waals surface area contributed by atoms with Crippen LogP contribution in [-0.2, 0) is 14.3 Å². The second-order valence-electron chi connectivity index (χ2n) is 4.82. The number of rotatable bonds is 9. The lowest BCUT2D eigenvalue weighted by atomic mass is 10.1. The summed E-state index contributed by atoms with van der Waals surface area (Å²) in [5.41, 5.74) is 0. The van der Waals surface area contributed by atoms with E-state index in [9.17, 15) is 9.59 Å². The first-order chi connectivity index (χ1) is 8.56. The van der Waals surface area contributed by atoms with Crippen molar-refractivity contribution in [3.8, 4) is 0 Å². The highest BCUT2D eigenvalue weighted by Crippen LogP contribution is 2.28. The minimum absolute atomic E-state index is 0.0605. The molecule has 1 aliphatic carbocycles. The highest BCUT2D eigenvalue weighted by Gasteiger charge is 2.33. The first-order valence-corrected chi connectivity index (χ1v) is 6.66. The molecule has 5 nitrogen and oxygen atoms in total. The number of carbonyl (C=O) groups excluding carboxylic acids is 1. The second-order valence-corrected chi connectivity index (χ2v) is 4.82. The predicted octanol–water partition coefficient (Wildman–Crippen LogP) is 1.51. The van der Waals surface area contributed by atoms with Gasteiger partial charge in [0.05, 0.1) is 5.92 Å². The van der Waals surface area contributed by atoms with E-state index in [4.69, 9.17) is 9.84 Å². The number of carbonyl (C=O) groups is 2. The molecule has 1 atom stereocenters. The van der Waals surface area contributed by atoms with Crippen LogP contribution < -0.4 is 0 Å². The maximum absolute atomic E-state index is 12.0. The van der Waals surface area contributed by atoms with E-state index in [1.807, 2.05) is 6.92 Å². The molecular weight excluding hydrogens is 234 g/mol. The van der Waals surface area contributed by atoms with E-state index in [-0.39, 0.29) is 11.9 Å². The normalized spacial score (nSPS) is 16.3. The third kappa shape index (κ3) is 5.04. The largest absolute Gasteiger partial charge is 0.481 e. The number of carboxylic acid groups (broad SMARTS) is 1. The summed E-state index contributed by atoms with van der Waals surface area (Å²) in [7, 11) is 0. The van der Waals surface area contributed by atoms with Gasteiger partial charge in [0.25, 0.3) is 0 Å². The highest BCUT2D eigenvalue weighted by atomic mass is 16.5. The molecule has 1 amide bonds. The van der Waals surface area contributed by atoms with Crippen molar-refractivity contribution in [3.63, 3.8) is 0 Å². The van der Waals surface area contributed by atoms with E-state index in [1.54, 1.807) is 11.8 Å². The maximum Gasteiger partial charge on any atom is 0.308 e. The standard InChI is InChI=1S/C13H23NO4/c1-3-18-8-4-5-12(15)14(11-6-7-11)9-10(2)13(16)17/h10-11H,3-9H2,1-2H3,(H,16,17). The summed E-state index contributed by atoms with van der Waals surface area (Å²) < 4.78 is 5.19. The number of hydrogen-bond donors (Lipinski definition) is 1. The molecule has 0 bridgehead atoms. The first kappa shape index (κ1) is 15.0. The van der Waals surface area contributed by atoms with Gasteiger partial charge in [0.2, 0.25) is 5.91 Å². The molecule has 5 heteroatoms.